The number of anilines is 3. The second-order valence-electron chi connectivity index (χ2n) is 6.69. The molecule has 1 fully saturated rings. The highest BCUT2D eigenvalue weighted by molar-refractivity contribution is 5.56. The molecule has 0 atom stereocenters. The first kappa shape index (κ1) is 18.4. The molecule has 0 aliphatic carbocycles. The topological polar surface area (TPSA) is 84.9 Å². The summed E-state index contributed by atoms with van der Waals surface area (Å²) in [6.07, 6.45) is -0.656. The lowest BCUT2D eigenvalue weighted by molar-refractivity contribution is -0.137. The van der Waals surface area contributed by atoms with Crippen LogP contribution in [0.3, 0.4) is 0 Å². The standard InChI is InChI=1S/C16H22F3N7/c1-9-8-26(11-4-6-25(3)7-5-11)24-14(9)23-15-21-10(2)12(13(20)22-15)16(17,18)19/h8,11H,4-7H2,1-3H3,(H3,20,21,22,23,24). The van der Waals surface area contributed by atoms with E-state index in [9.17, 15) is 13.2 Å². The molecule has 142 valence electrons. The monoisotopic (exact) mass is 369 g/mol. The molecule has 0 amide bonds. The van der Waals surface area contributed by atoms with E-state index < -0.39 is 17.6 Å². The quantitative estimate of drug-likeness (QED) is 0.865. The van der Waals surface area contributed by atoms with Crippen molar-refractivity contribution in [3.8, 4) is 0 Å². The maximum Gasteiger partial charge on any atom is 0.421 e. The molecule has 0 aromatic carbocycles. The van der Waals surface area contributed by atoms with Crippen LogP contribution in [0.25, 0.3) is 0 Å². The molecular formula is C16H22F3N7. The molecule has 0 unspecified atom stereocenters. The summed E-state index contributed by atoms with van der Waals surface area (Å²) < 4.78 is 40.8. The molecule has 1 saturated heterocycles. The first-order valence-electron chi connectivity index (χ1n) is 8.37. The van der Waals surface area contributed by atoms with E-state index >= 15 is 0 Å². The van der Waals surface area contributed by atoms with Crippen LogP contribution in [0.15, 0.2) is 6.20 Å². The third-order valence-electron chi connectivity index (χ3n) is 4.61. The number of aromatic nitrogens is 4. The molecule has 1 aliphatic rings. The summed E-state index contributed by atoms with van der Waals surface area (Å²) in [6, 6.07) is 0.306. The van der Waals surface area contributed by atoms with Crippen molar-refractivity contribution in [3.05, 3.63) is 23.0 Å². The summed E-state index contributed by atoms with van der Waals surface area (Å²) in [5.41, 5.74) is 5.13. The minimum absolute atomic E-state index is 0.00438. The van der Waals surface area contributed by atoms with Crippen molar-refractivity contribution >= 4 is 17.6 Å². The summed E-state index contributed by atoms with van der Waals surface area (Å²) in [4.78, 5) is 9.91. The molecule has 0 saturated carbocycles. The fourth-order valence-corrected chi connectivity index (χ4v) is 3.16. The number of nitrogens with zero attached hydrogens (tertiary/aromatic N) is 5. The molecule has 0 spiro atoms. The highest BCUT2D eigenvalue weighted by atomic mass is 19.4. The maximum absolute atomic E-state index is 13.0. The summed E-state index contributed by atoms with van der Waals surface area (Å²) >= 11 is 0. The number of rotatable bonds is 3. The molecule has 0 radical (unpaired) electrons. The van der Waals surface area contributed by atoms with Gasteiger partial charge in [-0.1, -0.05) is 0 Å². The molecule has 7 nitrogen and oxygen atoms in total. The number of hydrogen-bond donors (Lipinski definition) is 2. The molecule has 0 bridgehead atoms. The molecule has 3 N–H and O–H groups in total. The Morgan fingerprint density at radius 1 is 1.19 bits per heavy atom. The van der Waals surface area contributed by atoms with E-state index in [1.807, 2.05) is 17.8 Å². The Balaban J connectivity index is 1.81. The zero-order chi connectivity index (χ0) is 19.1. The number of nitrogens with one attached hydrogen (secondary N) is 1. The number of aryl methyl sites for hydroxylation is 2. The van der Waals surface area contributed by atoms with Gasteiger partial charge >= 0.3 is 6.18 Å². The predicted octanol–water partition coefficient (Wildman–Crippen LogP) is 2.90. The van der Waals surface area contributed by atoms with Crippen molar-refractivity contribution < 1.29 is 13.2 Å². The number of alkyl halides is 3. The Morgan fingerprint density at radius 2 is 1.85 bits per heavy atom. The van der Waals surface area contributed by atoms with Crippen LogP contribution in [0.1, 0.15) is 35.7 Å². The summed E-state index contributed by atoms with van der Waals surface area (Å²) in [5, 5.41) is 7.42. The average Bonchev–Trinajstić information content (AvgIpc) is 2.86. The van der Waals surface area contributed by atoms with Crippen LogP contribution in [0.5, 0.6) is 0 Å². The number of halogens is 3. The molecule has 3 rings (SSSR count). The van der Waals surface area contributed by atoms with Gasteiger partial charge in [0.05, 0.1) is 11.7 Å². The van der Waals surface area contributed by atoms with Gasteiger partial charge in [-0.3, -0.25) is 4.68 Å². The first-order valence-corrected chi connectivity index (χ1v) is 8.37. The van der Waals surface area contributed by atoms with E-state index in [2.05, 4.69) is 32.3 Å². The van der Waals surface area contributed by atoms with Gasteiger partial charge in [-0.2, -0.15) is 23.3 Å². The molecule has 26 heavy (non-hydrogen) atoms. The molecule has 3 heterocycles. The lowest BCUT2D eigenvalue weighted by Crippen LogP contribution is -2.31. The summed E-state index contributed by atoms with van der Waals surface area (Å²) in [6.45, 7) is 5.14. The van der Waals surface area contributed by atoms with Crippen molar-refractivity contribution in [2.45, 2.75) is 38.9 Å². The van der Waals surface area contributed by atoms with E-state index in [0.717, 1.165) is 31.5 Å². The fourth-order valence-electron chi connectivity index (χ4n) is 3.16. The number of nitrogen functional groups attached to an aromatic ring is 1. The van der Waals surface area contributed by atoms with Crippen LogP contribution in [-0.4, -0.2) is 44.8 Å². The molecule has 2 aromatic rings. The van der Waals surface area contributed by atoms with Gasteiger partial charge in [-0.25, -0.2) is 4.98 Å². The first-order chi connectivity index (χ1) is 12.1. The minimum Gasteiger partial charge on any atom is -0.383 e. The average molecular weight is 369 g/mol. The number of piperidine rings is 1. The fraction of sp³-hybridized carbons (Fsp3) is 0.562. The van der Waals surface area contributed by atoms with E-state index in [-0.39, 0.29) is 11.6 Å². The summed E-state index contributed by atoms with van der Waals surface area (Å²) in [5.74, 6) is -0.0767. The van der Waals surface area contributed by atoms with Crippen LogP contribution >= 0.6 is 0 Å². The van der Waals surface area contributed by atoms with Gasteiger partial charge in [0.15, 0.2) is 5.82 Å². The molecular weight excluding hydrogens is 347 g/mol. The Kier molecular flexibility index (Phi) is 4.78. The van der Waals surface area contributed by atoms with Crippen LogP contribution in [0.4, 0.5) is 30.8 Å². The minimum atomic E-state index is -4.58. The highest BCUT2D eigenvalue weighted by Gasteiger charge is 2.36. The lowest BCUT2D eigenvalue weighted by Gasteiger charge is -2.28. The number of nitrogens with two attached hydrogens (primary N) is 1. The second kappa shape index (κ2) is 6.75. The van der Waals surface area contributed by atoms with Gasteiger partial charge in [-0.15, -0.1) is 0 Å². The third-order valence-corrected chi connectivity index (χ3v) is 4.61. The van der Waals surface area contributed by atoms with E-state index in [4.69, 9.17) is 5.73 Å². The SMILES string of the molecule is Cc1cn(C2CCN(C)CC2)nc1Nc1nc(C)c(C(F)(F)F)c(N)n1. The van der Waals surface area contributed by atoms with Crippen LogP contribution in [0, 0.1) is 13.8 Å². The van der Waals surface area contributed by atoms with Crippen molar-refractivity contribution in [2.24, 2.45) is 0 Å². The number of likely N-dealkylation sites (tertiary alicyclic amines) is 1. The largest absolute Gasteiger partial charge is 0.421 e. The van der Waals surface area contributed by atoms with Crippen molar-refractivity contribution in [1.82, 2.24) is 24.6 Å². The smallest absolute Gasteiger partial charge is 0.383 e. The molecule has 10 heteroatoms. The van der Waals surface area contributed by atoms with Gasteiger partial charge in [-0.05, 0) is 46.8 Å². The second-order valence-corrected chi connectivity index (χ2v) is 6.69. The zero-order valence-corrected chi connectivity index (χ0v) is 14.9. The van der Waals surface area contributed by atoms with Gasteiger partial charge in [0.2, 0.25) is 5.95 Å². The molecule has 2 aromatic heterocycles. The van der Waals surface area contributed by atoms with Gasteiger partial charge < -0.3 is 16.0 Å². The van der Waals surface area contributed by atoms with E-state index in [0.29, 0.717) is 11.9 Å². The Labute approximate surface area is 149 Å². The van der Waals surface area contributed by atoms with Crippen LogP contribution in [-0.2, 0) is 6.18 Å². The van der Waals surface area contributed by atoms with E-state index in [1.165, 1.54) is 6.92 Å². The number of hydrogen-bond acceptors (Lipinski definition) is 6. The van der Waals surface area contributed by atoms with Gasteiger partial charge in [0.25, 0.3) is 0 Å². The van der Waals surface area contributed by atoms with E-state index in [1.54, 1.807) is 0 Å². The van der Waals surface area contributed by atoms with Gasteiger partial charge in [0.1, 0.15) is 11.4 Å². The van der Waals surface area contributed by atoms with Crippen molar-refractivity contribution in [3.63, 3.8) is 0 Å². The Morgan fingerprint density at radius 3 is 2.42 bits per heavy atom. The lowest BCUT2D eigenvalue weighted by atomic mass is 10.1. The highest BCUT2D eigenvalue weighted by Crippen LogP contribution is 2.35. The van der Waals surface area contributed by atoms with Crippen LogP contribution < -0.4 is 11.1 Å². The normalized spacial score (nSPS) is 16.8. The van der Waals surface area contributed by atoms with Gasteiger partial charge in [0, 0.05) is 11.8 Å². The maximum atomic E-state index is 13.0. The Bertz CT molecular complexity index is 769. The Hall–Kier alpha value is -2.36. The van der Waals surface area contributed by atoms with Crippen LogP contribution in [0.2, 0.25) is 0 Å². The zero-order valence-electron chi connectivity index (χ0n) is 14.9. The summed E-state index contributed by atoms with van der Waals surface area (Å²) in [7, 11) is 2.09. The van der Waals surface area contributed by atoms with Crippen molar-refractivity contribution in [2.75, 3.05) is 31.2 Å². The predicted molar refractivity (Wildman–Crippen MR) is 92.2 cm³/mol. The third kappa shape index (κ3) is 3.74. The molecule has 1 aliphatic heterocycles. The van der Waals surface area contributed by atoms with Crippen molar-refractivity contribution in [1.29, 1.82) is 0 Å².